The van der Waals surface area contributed by atoms with E-state index in [-0.39, 0.29) is 24.8 Å². The van der Waals surface area contributed by atoms with Crippen molar-refractivity contribution in [3.05, 3.63) is 131 Å². The standard InChI is InChI=1S/2C16H11ClP.2ClH.Zr/c2*17-14-9-5-4-8-13(14)16-11-10-15(18-16)12-6-2-1-3-7-12;;;/h2*1-9,11,18H;2*1H;/q;;;;+2/p-2. The topological polar surface area (TPSA) is 0 Å². The zero-order valence-electron chi connectivity index (χ0n) is 20.6. The minimum Gasteiger partial charge on any atom is -1.00 e. The van der Waals surface area contributed by atoms with Gasteiger partial charge in [-0.2, -0.15) is 0 Å². The summed E-state index contributed by atoms with van der Waals surface area (Å²) >= 11 is 12.1. The number of benzene rings is 4. The van der Waals surface area contributed by atoms with E-state index in [1.54, 1.807) is 0 Å². The largest absolute Gasteiger partial charge is 1.00 e. The van der Waals surface area contributed by atoms with Gasteiger partial charge in [-0.05, 0) is 0 Å². The van der Waals surface area contributed by atoms with Gasteiger partial charge in [0.25, 0.3) is 0 Å². The van der Waals surface area contributed by atoms with Gasteiger partial charge in [-0.1, -0.05) is 0 Å². The Morgan fingerprint density at radius 2 is 0.821 bits per heavy atom. The summed E-state index contributed by atoms with van der Waals surface area (Å²) in [5.41, 5.74) is 4.96. The molecule has 0 radical (unpaired) electrons. The van der Waals surface area contributed by atoms with Gasteiger partial charge in [-0.3, -0.25) is 0 Å². The van der Waals surface area contributed by atoms with Crippen LogP contribution in [0.3, 0.4) is 0 Å². The number of halogens is 4. The molecule has 6 aromatic rings. The first-order valence-corrected chi connectivity index (χ1v) is 17.2. The van der Waals surface area contributed by atoms with Crippen LogP contribution in [0.2, 0.25) is 10.0 Å². The van der Waals surface area contributed by atoms with Gasteiger partial charge in [0, 0.05) is 0 Å². The number of hydrogen-bond donors (Lipinski definition) is 0. The Bertz CT molecular complexity index is 1550. The van der Waals surface area contributed by atoms with E-state index in [0.717, 1.165) is 21.2 Å². The SMILES string of the molecule is Clc1ccccc1-c1c[c]([Zr+2][c]2cc(-c3ccccc3Cl)[pH]c2-c2ccccc2)c(-c2ccccc2)[pH]1.[Cl-].[Cl-]. The molecule has 6 rings (SSSR count). The van der Waals surface area contributed by atoms with E-state index < -0.39 is 23.2 Å². The molecular weight excluding hydrogens is 679 g/mol. The number of rotatable bonds is 6. The maximum atomic E-state index is 6.65. The minimum absolute atomic E-state index is 0. The molecule has 0 aliphatic rings. The van der Waals surface area contributed by atoms with Crippen molar-refractivity contribution in [2.45, 2.75) is 0 Å². The van der Waals surface area contributed by atoms with E-state index in [1.165, 1.54) is 38.9 Å². The summed E-state index contributed by atoms with van der Waals surface area (Å²) in [5, 5.41) is 7.30. The van der Waals surface area contributed by atoms with Crippen molar-refractivity contribution in [1.29, 1.82) is 0 Å². The molecule has 4 aromatic carbocycles. The van der Waals surface area contributed by atoms with E-state index in [2.05, 4.69) is 97.1 Å². The summed E-state index contributed by atoms with van der Waals surface area (Å²) in [6.45, 7) is 0. The van der Waals surface area contributed by atoms with Crippen molar-refractivity contribution < 1.29 is 48.0 Å². The van der Waals surface area contributed by atoms with Crippen molar-refractivity contribution in [2.24, 2.45) is 0 Å². The average Bonchev–Trinajstić information content (AvgIpc) is 3.55. The third-order valence-corrected chi connectivity index (χ3v) is 14.5. The summed E-state index contributed by atoms with van der Waals surface area (Å²) in [7, 11) is 1.21. The van der Waals surface area contributed by atoms with Crippen LogP contribution in [0.5, 0.6) is 0 Å². The Labute approximate surface area is 266 Å². The molecule has 0 saturated carbocycles. The van der Waals surface area contributed by atoms with E-state index >= 15 is 0 Å². The minimum atomic E-state index is -1.15. The molecule has 0 aliphatic carbocycles. The molecule has 2 heterocycles. The summed E-state index contributed by atoms with van der Waals surface area (Å²) in [6, 6.07) is 43.1. The smallest absolute Gasteiger partial charge is 1.00 e. The van der Waals surface area contributed by atoms with E-state index in [1.807, 2.05) is 24.3 Å². The Morgan fingerprint density at radius 3 is 1.21 bits per heavy atom. The van der Waals surface area contributed by atoms with Crippen molar-refractivity contribution in [3.8, 4) is 43.4 Å². The van der Waals surface area contributed by atoms with Gasteiger partial charge in [0.05, 0.1) is 0 Å². The van der Waals surface area contributed by atoms with Gasteiger partial charge in [0.2, 0.25) is 0 Å². The molecule has 39 heavy (non-hydrogen) atoms. The van der Waals surface area contributed by atoms with Gasteiger partial charge in [-0.25, -0.2) is 0 Å². The normalized spacial score (nSPS) is 10.7. The molecular formula is C32H22Cl4P2Zr. The molecule has 0 spiro atoms. The maximum Gasteiger partial charge on any atom is -1.00 e. The molecule has 0 saturated heterocycles. The van der Waals surface area contributed by atoms with Crippen LogP contribution in [0.1, 0.15) is 0 Å². The van der Waals surface area contributed by atoms with Crippen LogP contribution in [-0.2, 0) is 23.2 Å². The Balaban J connectivity index is 0.00000176. The molecule has 0 fully saturated rings. The molecule has 0 N–H and O–H groups in total. The first-order chi connectivity index (χ1) is 18.2. The van der Waals surface area contributed by atoms with Crippen LogP contribution in [0, 0.1) is 0 Å². The fourth-order valence-corrected chi connectivity index (χ4v) is 13.4. The quantitative estimate of drug-likeness (QED) is 0.249. The first-order valence-electron chi connectivity index (χ1n) is 12.0. The molecule has 2 aromatic heterocycles. The first kappa shape index (κ1) is 30.4. The van der Waals surface area contributed by atoms with Crippen molar-refractivity contribution in [2.75, 3.05) is 0 Å². The molecule has 0 nitrogen and oxygen atoms in total. The molecule has 7 heteroatoms. The fourth-order valence-electron chi connectivity index (χ4n) is 4.57. The number of hydrogen-bond acceptors (Lipinski definition) is 0. The second-order valence-electron chi connectivity index (χ2n) is 8.76. The van der Waals surface area contributed by atoms with Gasteiger partial charge in [0.1, 0.15) is 0 Å². The Hall–Kier alpha value is -1.52. The predicted octanol–water partition coefficient (Wildman–Crippen LogP) is 3.77. The van der Waals surface area contributed by atoms with Crippen LogP contribution >= 0.6 is 39.6 Å². The summed E-state index contributed by atoms with van der Waals surface area (Å²) in [4.78, 5) is 0. The second-order valence-corrected chi connectivity index (χ2v) is 15.4. The zero-order chi connectivity index (χ0) is 25.2. The average molecular weight is 702 g/mol. The second kappa shape index (κ2) is 13.9. The predicted molar refractivity (Wildman–Crippen MR) is 163 cm³/mol. The molecule has 0 aliphatic heterocycles. The summed E-state index contributed by atoms with van der Waals surface area (Å²) in [6.07, 6.45) is 0. The monoisotopic (exact) mass is 698 g/mol. The van der Waals surface area contributed by atoms with E-state index in [4.69, 9.17) is 23.2 Å². The molecule has 2 unspecified atom stereocenters. The molecule has 0 amide bonds. The van der Waals surface area contributed by atoms with Crippen molar-refractivity contribution >= 4 is 46.1 Å². The van der Waals surface area contributed by atoms with E-state index in [9.17, 15) is 0 Å². The van der Waals surface area contributed by atoms with Gasteiger partial charge < -0.3 is 24.8 Å². The van der Waals surface area contributed by atoms with Crippen molar-refractivity contribution in [3.63, 3.8) is 0 Å². The van der Waals surface area contributed by atoms with Gasteiger partial charge in [-0.15, -0.1) is 0 Å². The van der Waals surface area contributed by atoms with Crippen LogP contribution in [0.25, 0.3) is 43.4 Å². The summed E-state index contributed by atoms with van der Waals surface area (Å²) in [5.74, 6) is 0. The Kier molecular flexibility index (Phi) is 10.9. The van der Waals surface area contributed by atoms with Gasteiger partial charge in [0.15, 0.2) is 0 Å². The molecule has 2 atom stereocenters. The van der Waals surface area contributed by atoms with E-state index in [0.29, 0.717) is 16.4 Å². The van der Waals surface area contributed by atoms with Crippen LogP contribution < -0.4 is 31.4 Å². The van der Waals surface area contributed by atoms with Crippen LogP contribution in [-0.4, -0.2) is 0 Å². The molecule has 0 bridgehead atoms. The third kappa shape index (κ3) is 6.70. The fraction of sp³-hybridized carbons (Fsp3) is 0. The van der Waals surface area contributed by atoms with Crippen LogP contribution in [0.15, 0.2) is 121 Å². The third-order valence-electron chi connectivity index (χ3n) is 6.36. The maximum absolute atomic E-state index is 6.65. The van der Waals surface area contributed by atoms with Crippen molar-refractivity contribution in [1.82, 2.24) is 0 Å². The van der Waals surface area contributed by atoms with Gasteiger partial charge >= 0.3 is 244 Å². The molecule has 192 valence electrons. The zero-order valence-corrected chi connectivity index (χ0v) is 28.0. The summed E-state index contributed by atoms with van der Waals surface area (Å²) < 4.78 is 3.07. The Morgan fingerprint density at radius 1 is 0.462 bits per heavy atom. The van der Waals surface area contributed by atoms with Crippen LogP contribution in [0.4, 0.5) is 0 Å².